The summed E-state index contributed by atoms with van der Waals surface area (Å²) in [7, 11) is 0. The van der Waals surface area contributed by atoms with Gasteiger partial charge >= 0.3 is 0 Å². The highest BCUT2D eigenvalue weighted by Crippen LogP contribution is 2.20. The van der Waals surface area contributed by atoms with Crippen LogP contribution in [0.1, 0.15) is 12.0 Å². The van der Waals surface area contributed by atoms with E-state index in [1.807, 2.05) is 36.5 Å². The van der Waals surface area contributed by atoms with Crippen LogP contribution in [0.15, 0.2) is 41.6 Å². The first kappa shape index (κ1) is 20.9. The third-order valence-electron chi connectivity index (χ3n) is 4.62. The maximum atomic E-state index is 8.82. The zero-order valence-electron chi connectivity index (χ0n) is 16.3. The quantitative estimate of drug-likeness (QED) is 0.325. The number of nitrogens with one attached hydrogen (secondary N) is 3. The molecular weight excluding hydrogens is 386 g/mol. The van der Waals surface area contributed by atoms with Crippen molar-refractivity contribution in [2.45, 2.75) is 13.0 Å². The highest BCUT2D eigenvalue weighted by atomic mass is 32.1. The molecule has 0 radical (unpaired) electrons. The molecule has 0 atom stereocenters. The minimum Gasteiger partial charge on any atom is -0.370 e. The number of nitrogens with zero attached hydrogens (tertiary/aromatic N) is 4. The summed E-state index contributed by atoms with van der Waals surface area (Å²) >= 11 is 5.30. The average molecular weight is 413 g/mol. The number of ether oxygens (including phenoxy) is 1. The van der Waals surface area contributed by atoms with Crippen molar-refractivity contribution < 1.29 is 9.64 Å². The molecule has 2 aromatic rings. The first-order valence-electron chi connectivity index (χ1n) is 9.74. The molecule has 0 amide bonds. The number of hydrogen-bond acceptors (Lipinski definition) is 5. The van der Waals surface area contributed by atoms with E-state index in [0.717, 1.165) is 56.2 Å². The molecule has 1 aromatic carbocycles. The lowest BCUT2D eigenvalue weighted by Crippen LogP contribution is -3.14. The van der Waals surface area contributed by atoms with Crippen LogP contribution >= 0.6 is 12.2 Å². The summed E-state index contributed by atoms with van der Waals surface area (Å²) in [5.74, 6) is 0. The van der Waals surface area contributed by atoms with Gasteiger partial charge in [0.15, 0.2) is 5.11 Å². The molecule has 1 aliphatic heterocycles. The minimum atomic E-state index is 0.407. The van der Waals surface area contributed by atoms with Crippen LogP contribution in [0, 0.1) is 11.3 Å². The zero-order valence-corrected chi connectivity index (χ0v) is 17.1. The normalized spacial score (nSPS) is 14.6. The molecule has 0 spiro atoms. The maximum Gasteiger partial charge on any atom is 0.187 e. The van der Waals surface area contributed by atoms with Gasteiger partial charge in [-0.05, 0) is 12.2 Å². The Kier molecular flexibility index (Phi) is 8.12. The van der Waals surface area contributed by atoms with E-state index in [1.54, 1.807) is 10.9 Å². The molecule has 29 heavy (non-hydrogen) atoms. The molecule has 1 aromatic heterocycles. The lowest BCUT2D eigenvalue weighted by molar-refractivity contribution is -0.906. The molecule has 8 nitrogen and oxygen atoms in total. The highest BCUT2D eigenvalue weighted by molar-refractivity contribution is 7.80. The first-order chi connectivity index (χ1) is 14.3. The van der Waals surface area contributed by atoms with Crippen LogP contribution in [0.25, 0.3) is 11.3 Å². The van der Waals surface area contributed by atoms with Gasteiger partial charge in [-0.2, -0.15) is 15.5 Å². The largest absolute Gasteiger partial charge is 0.370 e. The van der Waals surface area contributed by atoms with Crippen molar-refractivity contribution in [1.29, 1.82) is 5.26 Å². The molecule has 1 fully saturated rings. The molecule has 9 heteroatoms. The Balaban J connectivity index is 1.55. The van der Waals surface area contributed by atoms with Gasteiger partial charge < -0.3 is 15.0 Å². The van der Waals surface area contributed by atoms with Gasteiger partial charge in [0.2, 0.25) is 0 Å². The molecule has 1 aliphatic rings. The monoisotopic (exact) mass is 412 g/mol. The number of quaternary nitrogens is 1. The lowest BCUT2D eigenvalue weighted by atomic mass is 10.1. The Morgan fingerprint density at radius 3 is 2.90 bits per heavy atom. The van der Waals surface area contributed by atoms with Gasteiger partial charge in [0.25, 0.3) is 0 Å². The molecule has 2 heterocycles. The van der Waals surface area contributed by atoms with Crippen LogP contribution in [0.3, 0.4) is 0 Å². The fourth-order valence-electron chi connectivity index (χ4n) is 3.09. The number of rotatable bonds is 8. The minimum absolute atomic E-state index is 0.407. The molecule has 3 N–H and O–H groups in total. The predicted molar refractivity (Wildman–Crippen MR) is 116 cm³/mol. The smallest absolute Gasteiger partial charge is 0.187 e. The van der Waals surface area contributed by atoms with Crippen molar-refractivity contribution in [1.82, 2.24) is 20.5 Å². The Labute approximate surface area is 176 Å². The third kappa shape index (κ3) is 6.64. The third-order valence-corrected chi connectivity index (χ3v) is 4.86. The standard InChI is InChI=1S/C20H25N7OS/c21-7-4-9-27-16-18(19(25-27)17-5-2-1-3-6-17)15-23-24-20(29)22-8-10-26-11-13-28-14-12-26/h1-3,5-6,15-16H,4,8-14H2,(H2,22,24,29)/p+1/b23-15-. The maximum absolute atomic E-state index is 8.82. The van der Waals surface area contributed by atoms with E-state index >= 15 is 0 Å². The van der Waals surface area contributed by atoms with Crippen molar-refractivity contribution in [3.05, 3.63) is 42.1 Å². The Bertz CT molecular complexity index is 853. The van der Waals surface area contributed by atoms with Crippen molar-refractivity contribution in [3.8, 4) is 17.3 Å². The van der Waals surface area contributed by atoms with Gasteiger partial charge in [0.1, 0.15) is 18.8 Å². The second-order valence-electron chi connectivity index (χ2n) is 6.71. The summed E-state index contributed by atoms with van der Waals surface area (Å²) in [4.78, 5) is 1.52. The first-order valence-corrected chi connectivity index (χ1v) is 10.1. The van der Waals surface area contributed by atoms with Crippen LogP contribution in [-0.2, 0) is 11.3 Å². The van der Waals surface area contributed by atoms with Crippen LogP contribution in [-0.4, -0.2) is 60.5 Å². The van der Waals surface area contributed by atoms with Gasteiger partial charge in [0, 0.05) is 17.3 Å². The predicted octanol–water partition coefficient (Wildman–Crippen LogP) is 0.177. The summed E-state index contributed by atoms with van der Waals surface area (Å²) in [6, 6.07) is 12.1. The Morgan fingerprint density at radius 1 is 1.34 bits per heavy atom. The highest BCUT2D eigenvalue weighted by Gasteiger charge is 2.13. The zero-order chi connectivity index (χ0) is 20.3. The van der Waals surface area contributed by atoms with E-state index in [-0.39, 0.29) is 0 Å². The van der Waals surface area contributed by atoms with E-state index in [1.165, 1.54) is 4.90 Å². The molecule has 0 bridgehead atoms. The van der Waals surface area contributed by atoms with E-state index in [9.17, 15) is 0 Å². The number of aryl methyl sites for hydroxylation is 1. The fraction of sp³-hybridized carbons (Fsp3) is 0.400. The van der Waals surface area contributed by atoms with E-state index in [4.69, 9.17) is 22.2 Å². The molecule has 0 saturated carbocycles. The second-order valence-corrected chi connectivity index (χ2v) is 7.12. The molecule has 152 valence electrons. The summed E-state index contributed by atoms with van der Waals surface area (Å²) < 4.78 is 7.14. The van der Waals surface area contributed by atoms with E-state index in [0.29, 0.717) is 18.1 Å². The van der Waals surface area contributed by atoms with Crippen molar-refractivity contribution in [3.63, 3.8) is 0 Å². The lowest BCUT2D eigenvalue weighted by Gasteiger charge is -2.23. The Morgan fingerprint density at radius 2 is 2.14 bits per heavy atom. The summed E-state index contributed by atoms with van der Waals surface area (Å²) in [6.45, 7) is 6.07. The number of hydrazone groups is 1. The van der Waals surface area contributed by atoms with Gasteiger partial charge in [-0.25, -0.2) is 0 Å². The van der Waals surface area contributed by atoms with Crippen LogP contribution in [0.5, 0.6) is 0 Å². The summed E-state index contributed by atoms with van der Waals surface area (Å²) in [5, 5.41) is 21.4. The van der Waals surface area contributed by atoms with Crippen LogP contribution in [0.4, 0.5) is 0 Å². The van der Waals surface area contributed by atoms with Crippen molar-refractivity contribution in [2.75, 3.05) is 39.4 Å². The van der Waals surface area contributed by atoms with E-state index < -0.39 is 0 Å². The summed E-state index contributed by atoms with van der Waals surface area (Å²) in [6.07, 6.45) is 4.01. The number of aromatic nitrogens is 2. The molecule has 3 rings (SSSR count). The van der Waals surface area contributed by atoms with Gasteiger partial charge in [0.05, 0.1) is 51.6 Å². The molecule has 1 saturated heterocycles. The van der Waals surface area contributed by atoms with Gasteiger partial charge in [-0.1, -0.05) is 30.3 Å². The van der Waals surface area contributed by atoms with Gasteiger partial charge in [-0.3, -0.25) is 10.1 Å². The second kappa shape index (κ2) is 11.3. The Hall–Kier alpha value is -2.80. The molecule has 0 aliphatic carbocycles. The fourth-order valence-corrected chi connectivity index (χ4v) is 3.25. The number of hydrogen-bond donors (Lipinski definition) is 3. The number of benzene rings is 1. The van der Waals surface area contributed by atoms with E-state index in [2.05, 4.69) is 27.0 Å². The van der Waals surface area contributed by atoms with Crippen molar-refractivity contribution >= 4 is 23.5 Å². The summed E-state index contributed by atoms with van der Waals surface area (Å²) in [5.41, 5.74) is 5.55. The average Bonchev–Trinajstić information content (AvgIpc) is 3.16. The topological polar surface area (TPSA) is 91.7 Å². The van der Waals surface area contributed by atoms with Gasteiger partial charge in [-0.15, -0.1) is 0 Å². The van der Waals surface area contributed by atoms with Crippen LogP contribution < -0.4 is 15.6 Å². The van der Waals surface area contributed by atoms with Crippen LogP contribution in [0.2, 0.25) is 0 Å². The number of thiocarbonyl (C=S) groups is 1. The molecule has 0 unspecified atom stereocenters. The molecular formula is C20H26N7OS+. The SMILES string of the molecule is N#CCCn1cc(/C=N\NC(=S)NCC[NH+]2CCOCC2)c(-c2ccccc2)n1. The number of nitriles is 1. The van der Waals surface area contributed by atoms with Crippen molar-refractivity contribution in [2.24, 2.45) is 5.10 Å². The number of morpholine rings is 1.